The first-order chi connectivity index (χ1) is 14.6. The lowest BCUT2D eigenvalue weighted by Gasteiger charge is -2.40. The van der Waals surface area contributed by atoms with Crippen LogP contribution in [0.3, 0.4) is 0 Å². The number of anilines is 1. The van der Waals surface area contributed by atoms with Crippen LogP contribution in [0.15, 0.2) is 42.9 Å². The average molecular weight is 404 g/mol. The number of amides is 1. The van der Waals surface area contributed by atoms with Crippen LogP contribution in [0.1, 0.15) is 39.0 Å². The highest BCUT2D eigenvalue weighted by Crippen LogP contribution is 2.39. The molecule has 1 saturated carbocycles. The minimum atomic E-state index is -0.278. The van der Waals surface area contributed by atoms with Gasteiger partial charge >= 0.3 is 0 Å². The summed E-state index contributed by atoms with van der Waals surface area (Å²) in [6, 6.07) is 9.04. The second kappa shape index (κ2) is 7.51. The van der Waals surface area contributed by atoms with Gasteiger partial charge in [0.2, 0.25) is 5.91 Å². The van der Waals surface area contributed by atoms with Gasteiger partial charge in [-0.3, -0.25) is 9.48 Å². The van der Waals surface area contributed by atoms with E-state index in [4.69, 9.17) is 0 Å². The van der Waals surface area contributed by atoms with Crippen molar-refractivity contribution in [2.75, 3.05) is 18.4 Å². The molecule has 1 aromatic carbocycles. The molecular formula is C24H29N5O. The molecular weight excluding hydrogens is 374 g/mol. The number of piperidine rings is 1. The molecule has 0 radical (unpaired) electrons. The van der Waals surface area contributed by atoms with Gasteiger partial charge in [-0.25, -0.2) is 4.98 Å². The summed E-state index contributed by atoms with van der Waals surface area (Å²) in [5, 5.41) is 9.52. The standard InChI is InChI=1S/C24H29N5O/c1-3-24(8-10-29(11-9-24)21-6-7-21)23(30)27-22-13-19-12-17(4-5-18(19)14-25-22)20-15-26-28(2)16-20/h4-5,12-16,21H,3,6-11H2,1-2H3,(H,25,27,30). The Balaban J connectivity index is 1.35. The highest BCUT2D eigenvalue weighted by molar-refractivity contribution is 5.97. The third-order valence-corrected chi connectivity index (χ3v) is 6.98. The van der Waals surface area contributed by atoms with Crippen molar-refractivity contribution in [3.05, 3.63) is 42.9 Å². The van der Waals surface area contributed by atoms with Gasteiger partial charge in [-0.1, -0.05) is 19.1 Å². The van der Waals surface area contributed by atoms with Crippen LogP contribution in [0.4, 0.5) is 5.82 Å². The fraction of sp³-hybridized carbons (Fsp3) is 0.458. The first-order valence-corrected chi connectivity index (χ1v) is 11.0. The summed E-state index contributed by atoms with van der Waals surface area (Å²) in [6.45, 7) is 4.21. The van der Waals surface area contributed by atoms with Crippen LogP contribution >= 0.6 is 0 Å². The van der Waals surface area contributed by atoms with Crippen LogP contribution in [0.5, 0.6) is 0 Å². The van der Waals surface area contributed by atoms with E-state index in [1.165, 1.54) is 12.8 Å². The minimum absolute atomic E-state index is 0.121. The maximum atomic E-state index is 13.3. The highest BCUT2D eigenvalue weighted by atomic mass is 16.2. The predicted octanol–water partition coefficient (Wildman–Crippen LogP) is 4.23. The van der Waals surface area contributed by atoms with E-state index < -0.39 is 0 Å². The number of carbonyl (C=O) groups is 1. The van der Waals surface area contributed by atoms with Crippen LogP contribution in [0.25, 0.3) is 21.9 Å². The second-order valence-corrected chi connectivity index (χ2v) is 8.89. The number of pyridine rings is 1. The van der Waals surface area contributed by atoms with Crippen LogP contribution in [0.2, 0.25) is 0 Å². The molecule has 1 N–H and O–H groups in total. The van der Waals surface area contributed by atoms with Gasteiger partial charge in [0.05, 0.1) is 11.6 Å². The second-order valence-electron chi connectivity index (χ2n) is 8.89. The van der Waals surface area contributed by atoms with Crippen molar-refractivity contribution in [1.82, 2.24) is 19.7 Å². The van der Waals surface area contributed by atoms with E-state index in [1.807, 2.05) is 31.7 Å². The Morgan fingerprint density at radius 2 is 1.93 bits per heavy atom. The summed E-state index contributed by atoms with van der Waals surface area (Å²) in [5.74, 6) is 0.754. The number of nitrogens with one attached hydrogen (secondary N) is 1. The Hall–Kier alpha value is -2.73. The predicted molar refractivity (Wildman–Crippen MR) is 119 cm³/mol. The molecule has 5 rings (SSSR count). The number of aryl methyl sites for hydroxylation is 1. The van der Waals surface area contributed by atoms with Crippen LogP contribution in [0, 0.1) is 5.41 Å². The minimum Gasteiger partial charge on any atom is -0.310 e. The van der Waals surface area contributed by atoms with E-state index in [0.717, 1.165) is 60.3 Å². The molecule has 3 heterocycles. The van der Waals surface area contributed by atoms with Gasteiger partial charge in [-0.2, -0.15) is 5.10 Å². The monoisotopic (exact) mass is 403 g/mol. The summed E-state index contributed by atoms with van der Waals surface area (Å²) in [6.07, 6.45) is 11.1. The van der Waals surface area contributed by atoms with Gasteiger partial charge in [0.25, 0.3) is 0 Å². The van der Waals surface area contributed by atoms with Gasteiger partial charge in [-0.05, 0) is 68.3 Å². The maximum absolute atomic E-state index is 13.3. The number of likely N-dealkylation sites (tertiary alicyclic amines) is 1. The number of benzene rings is 1. The maximum Gasteiger partial charge on any atom is 0.231 e. The number of carbonyl (C=O) groups excluding carboxylic acids is 1. The number of fused-ring (bicyclic) bond motifs is 1. The van der Waals surface area contributed by atoms with Crippen LogP contribution in [-0.4, -0.2) is 44.7 Å². The SMILES string of the molecule is CCC1(C(=O)Nc2cc3cc(-c4cnn(C)c4)ccc3cn2)CCN(C2CC2)CC1. The molecule has 2 aromatic heterocycles. The van der Waals surface area contributed by atoms with Crippen LogP contribution in [-0.2, 0) is 11.8 Å². The van der Waals surface area contributed by atoms with Crippen molar-refractivity contribution in [1.29, 1.82) is 0 Å². The van der Waals surface area contributed by atoms with Gasteiger partial charge in [0, 0.05) is 36.4 Å². The summed E-state index contributed by atoms with van der Waals surface area (Å²) in [5.41, 5.74) is 1.91. The van der Waals surface area contributed by atoms with Crippen LogP contribution < -0.4 is 5.32 Å². The molecule has 3 aromatic rings. The molecule has 0 spiro atoms. The molecule has 30 heavy (non-hydrogen) atoms. The highest BCUT2D eigenvalue weighted by Gasteiger charge is 2.42. The van der Waals surface area contributed by atoms with Gasteiger partial charge < -0.3 is 10.2 Å². The molecule has 1 saturated heterocycles. The summed E-state index contributed by atoms with van der Waals surface area (Å²) in [4.78, 5) is 20.3. The lowest BCUT2D eigenvalue weighted by molar-refractivity contribution is -0.128. The lowest BCUT2D eigenvalue weighted by Crippen LogP contribution is -2.47. The normalized spacial score (nSPS) is 19.1. The molecule has 6 heteroatoms. The molecule has 1 aliphatic heterocycles. The van der Waals surface area contributed by atoms with Gasteiger partial charge in [0.1, 0.15) is 5.82 Å². The largest absolute Gasteiger partial charge is 0.310 e. The summed E-state index contributed by atoms with van der Waals surface area (Å²) < 4.78 is 1.80. The number of hydrogen-bond acceptors (Lipinski definition) is 4. The third-order valence-electron chi connectivity index (χ3n) is 6.98. The van der Waals surface area contributed by atoms with Crippen molar-refractivity contribution in [2.45, 2.75) is 45.1 Å². The Morgan fingerprint density at radius 1 is 1.13 bits per heavy atom. The molecule has 2 fully saturated rings. The smallest absolute Gasteiger partial charge is 0.231 e. The first-order valence-electron chi connectivity index (χ1n) is 11.0. The molecule has 156 valence electrons. The topological polar surface area (TPSA) is 63.1 Å². The number of nitrogens with zero attached hydrogens (tertiary/aromatic N) is 4. The molecule has 0 atom stereocenters. The van der Waals surface area contributed by atoms with Crippen molar-refractivity contribution in [2.24, 2.45) is 12.5 Å². The van der Waals surface area contributed by atoms with E-state index in [0.29, 0.717) is 5.82 Å². The molecule has 2 aliphatic rings. The Bertz CT molecular complexity index is 1080. The van der Waals surface area contributed by atoms with E-state index in [9.17, 15) is 4.79 Å². The van der Waals surface area contributed by atoms with Gasteiger partial charge in [0.15, 0.2) is 0 Å². The number of aromatic nitrogens is 3. The number of rotatable bonds is 5. The Labute approximate surface area is 177 Å². The van der Waals surface area contributed by atoms with Crippen molar-refractivity contribution in [3.63, 3.8) is 0 Å². The fourth-order valence-corrected chi connectivity index (χ4v) is 4.71. The zero-order valence-electron chi connectivity index (χ0n) is 17.8. The van der Waals surface area contributed by atoms with E-state index in [2.05, 4.69) is 45.4 Å². The van der Waals surface area contributed by atoms with Gasteiger partial charge in [-0.15, -0.1) is 0 Å². The van der Waals surface area contributed by atoms with Crippen molar-refractivity contribution in [3.8, 4) is 11.1 Å². The van der Waals surface area contributed by atoms with E-state index in [1.54, 1.807) is 4.68 Å². The van der Waals surface area contributed by atoms with E-state index in [-0.39, 0.29) is 11.3 Å². The van der Waals surface area contributed by atoms with Crippen molar-refractivity contribution >= 4 is 22.5 Å². The molecule has 1 aliphatic carbocycles. The first kappa shape index (κ1) is 19.2. The number of hydrogen-bond donors (Lipinski definition) is 1. The molecule has 0 unspecified atom stereocenters. The third kappa shape index (κ3) is 3.60. The Morgan fingerprint density at radius 3 is 2.60 bits per heavy atom. The van der Waals surface area contributed by atoms with Crippen molar-refractivity contribution < 1.29 is 4.79 Å². The molecule has 6 nitrogen and oxygen atoms in total. The molecule has 0 bridgehead atoms. The molecule has 1 amide bonds. The zero-order chi connectivity index (χ0) is 20.7. The Kier molecular flexibility index (Phi) is 4.82. The fourth-order valence-electron chi connectivity index (χ4n) is 4.71. The zero-order valence-corrected chi connectivity index (χ0v) is 17.8. The quantitative estimate of drug-likeness (QED) is 0.693. The average Bonchev–Trinajstić information content (AvgIpc) is 3.53. The van der Waals surface area contributed by atoms with E-state index >= 15 is 0 Å². The lowest BCUT2D eigenvalue weighted by atomic mass is 9.75. The summed E-state index contributed by atoms with van der Waals surface area (Å²) in [7, 11) is 1.92. The summed E-state index contributed by atoms with van der Waals surface area (Å²) >= 11 is 0.